The minimum atomic E-state index is -0.376. The highest BCUT2D eigenvalue weighted by atomic mass is 16.3. The third kappa shape index (κ3) is 3.05. The molecule has 0 bridgehead atoms. The number of nitrogens with zero attached hydrogens (tertiary/aromatic N) is 4. The Labute approximate surface area is 129 Å². The molecule has 1 aromatic heterocycles. The molecule has 2 N–H and O–H groups in total. The summed E-state index contributed by atoms with van der Waals surface area (Å²) >= 11 is 0. The van der Waals surface area contributed by atoms with Crippen LogP contribution in [-0.2, 0) is 0 Å². The van der Waals surface area contributed by atoms with Crippen molar-refractivity contribution in [2.45, 2.75) is 0 Å². The topological polar surface area (TPSA) is 112 Å². The van der Waals surface area contributed by atoms with Gasteiger partial charge in [0, 0.05) is 0 Å². The number of nitroso groups, excluding NO2 is 1. The molecule has 0 aliphatic heterocycles. The molecule has 2 aromatic carbocycles. The van der Waals surface area contributed by atoms with Crippen molar-refractivity contribution in [2.24, 2.45) is 15.4 Å². The molecular weight excluding hydrogens is 298 g/mol. The molecule has 3 rings (SSSR count). The van der Waals surface area contributed by atoms with Crippen LogP contribution in [-0.4, -0.2) is 14.9 Å². The first-order valence-corrected chi connectivity index (χ1v) is 6.62. The molecule has 3 aromatic rings. The fourth-order valence-electron chi connectivity index (χ4n) is 1.92. The molecule has 8 nitrogen and oxygen atoms in total. The lowest BCUT2D eigenvalue weighted by atomic mass is 10.3. The average molecular weight is 309 g/mol. The molecule has 114 valence electrons. The van der Waals surface area contributed by atoms with Gasteiger partial charge in [-0.05, 0) is 53.7 Å². The van der Waals surface area contributed by atoms with Crippen LogP contribution in [0.3, 0.4) is 0 Å². The Hall–Kier alpha value is -3.55. The smallest absolute Gasteiger partial charge is 0.298 e. The summed E-state index contributed by atoms with van der Waals surface area (Å²) in [5.41, 5.74) is 1.10. The predicted octanol–water partition coefficient (Wildman–Crippen LogP) is 3.68. The first kappa shape index (κ1) is 14.4. The van der Waals surface area contributed by atoms with Crippen LogP contribution < -0.4 is 5.56 Å². The summed E-state index contributed by atoms with van der Waals surface area (Å²) in [4.78, 5) is 22.6. The van der Waals surface area contributed by atoms with E-state index in [4.69, 9.17) is 0 Å². The molecule has 0 saturated heterocycles. The molecule has 0 spiro atoms. The van der Waals surface area contributed by atoms with Crippen molar-refractivity contribution in [2.75, 3.05) is 0 Å². The van der Waals surface area contributed by atoms with Gasteiger partial charge >= 0.3 is 0 Å². The van der Waals surface area contributed by atoms with E-state index in [1.807, 2.05) is 0 Å². The highest BCUT2D eigenvalue weighted by molar-refractivity contribution is 5.46. The number of hydrogen-bond acceptors (Lipinski definition) is 6. The maximum Gasteiger partial charge on any atom is 0.298 e. The number of aromatic amines is 1. The zero-order chi connectivity index (χ0) is 16.2. The summed E-state index contributed by atoms with van der Waals surface area (Å²) in [5.74, 6) is 0.126. The number of azo groups is 1. The van der Waals surface area contributed by atoms with Gasteiger partial charge in [0.2, 0.25) is 0 Å². The van der Waals surface area contributed by atoms with Gasteiger partial charge in [-0.3, -0.25) is 9.89 Å². The van der Waals surface area contributed by atoms with Gasteiger partial charge in [-0.2, -0.15) is 5.11 Å². The minimum absolute atomic E-state index is 0.126. The lowest BCUT2D eigenvalue weighted by Gasteiger charge is -1.99. The SMILES string of the molecule is O=Nc1ccc(-n2[nH]cc(N=Nc3ccc(O)cc3)c2=O)cc1. The Morgan fingerprint density at radius 1 is 0.913 bits per heavy atom. The summed E-state index contributed by atoms with van der Waals surface area (Å²) in [7, 11) is 0. The number of aromatic nitrogens is 2. The molecule has 0 aliphatic carbocycles. The van der Waals surface area contributed by atoms with E-state index in [9.17, 15) is 14.8 Å². The lowest BCUT2D eigenvalue weighted by Crippen LogP contribution is -2.13. The van der Waals surface area contributed by atoms with Crippen molar-refractivity contribution in [3.8, 4) is 11.4 Å². The fraction of sp³-hybridized carbons (Fsp3) is 0. The lowest BCUT2D eigenvalue weighted by molar-refractivity contribution is 0.475. The Bertz CT molecular complexity index is 908. The van der Waals surface area contributed by atoms with Crippen LogP contribution in [0.15, 0.2) is 74.9 Å². The monoisotopic (exact) mass is 309 g/mol. The molecule has 0 unspecified atom stereocenters. The quantitative estimate of drug-likeness (QED) is 0.566. The second-order valence-corrected chi connectivity index (χ2v) is 4.62. The summed E-state index contributed by atoms with van der Waals surface area (Å²) in [6.45, 7) is 0. The van der Waals surface area contributed by atoms with Crippen LogP contribution in [0.25, 0.3) is 5.69 Å². The first-order valence-electron chi connectivity index (χ1n) is 6.62. The van der Waals surface area contributed by atoms with E-state index in [2.05, 4.69) is 20.5 Å². The zero-order valence-electron chi connectivity index (χ0n) is 11.7. The van der Waals surface area contributed by atoms with E-state index in [1.165, 1.54) is 35.1 Å². The van der Waals surface area contributed by atoms with Gasteiger partial charge in [0.25, 0.3) is 5.56 Å². The standard InChI is InChI=1S/C15H11N5O3/c21-13-7-3-10(4-8-13)17-18-14-9-16-20(15(14)22)12-5-1-11(19-23)2-6-12/h1-9,16,21H. The van der Waals surface area contributed by atoms with Crippen molar-refractivity contribution in [1.82, 2.24) is 9.78 Å². The third-order valence-electron chi connectivity index (χ3n) is 3.09. The van der Waals surface area contributed by atoms with Crippen molar-refractivity contribution in [1.29, 1.82) is 0 Å². The van der Waals surface area contributed by atoms with Gasteiger partial charge in [-0.1, -0.05) is 0 Å². The highest BCUT2D eigenvalue weighted by Crippen LogP contribution is 2.19. The maximum atomic E-state index is 12.3. The van der Waals surface area contributed by atoms with Gasteiger partial charge in [0.05, 0.1) is 17.6 Å². The normalized spacial score (nSPS) is 11.0. The zero-order valence-corrected chi connectivity index (χ0v) is 11.7. The van der Waals surface area contributed by atoms with E-state index < -0.39 is 0 Å². The molecule has 0 atom stereocenters. The second-order valence-electron chi connectivity index (χ2n) is 4.62. The molecule has 0 aliphatic rings. The molecule has 0 amide bonds. The largest absolute Gasteiger partial charge is 0.508 e. The number of H-pyrrole nitrogens is 1. The molecule has 23 heavy (non-hydrogen) atoms. The van der Waals surface area contributed by atoms with E-state index in [0.717, 1.165) is 0 Å². The molecule has 1 heterocycles. The van der Waals surface area contributed by atoms with Crippen LogP contribution in [0.2, 0.25) is 0 Å². The minimum Gasteiger partial charge on any atom is -0.508 e. The summed E-state index contributed by atoms with van der Waals surface area (Å²) in [6, 6.07) is 12.3. The number of phenolic OH excluding ortho intramolecular Hbond substituents is 1. The van der Waals surface area contributed by atoms with Crippen LogP contribution in [0, 0.1) is 4.91 Å². The fourth-order valence-corrected chi connectivity index (χ4v) is 1.92. The van der Waals surface area contributed by atoms with E-state index in [1.54, 1.807) is 24.3 Å². The van der Waals surface area contributed by atoms with Gasteiger partial charge in [0.1, 0.15) is 11.4 Å². The van der Waals surface area contributed by atoms with Gasteiger partial charge in [-0.25, -0.2) is 4.68 Å². The Kier molecular flexibility index (Phi) is 3.79. The number of nitrogens with one attached hydrogen (secondary N) is 1. The Morgan fingerprint density at radius 3 is 2.22 bits per heavy atom. The average Bonchev–Trinajstić information content (AvgIpc) is 2.95. The Morgan fingerprint density at radius 2 is 1.57 bits per heavy atom. The van der Waals surface area contributed by atoms with Crippen molar-refractivity contribution in [3.05, 3.63) is 70.0 Å². The predicted molar refractivity (Wildman–Crippen MR) is 84.1 cm³/mol. The summed E-state index contributed by atoms with van der Waals surface area (Å²) in [6.07, 6.45) is 1.43. The summed E-state index contributed by atoms with van der Waals surface area (Å²) in [5, 5.41) is 22.6. The molecule has 0 radical (unpaired) electrons. The van der Waals surface area contributed by atoms with Crippen LogP contribution in [0.5, 0.6) is 5.75 Å². The number of rotatable bonds is 4. The first-order chi connectivity index (χ1) is 11.2. The van der Waals surface area contributed by atoms with Gasteiger partial charge in [-0.15, -0.1) is 10.0 Å². The van der Waals surface area contributed by atoms with E-state index in [0.29, 0.717) is 11.4 Å². The number of aromatic hydroxyl groups is 1. The van der Waals surface area contributed by atoms with Crippen molar-refractivity contribution < 1.29 is 5.11 Å². The van der Waals surface area contributed by atoms with Crippen LogP contribution in [0.1, 0.15) is 0 Å². The van der Waals surface area contributed by atoms with E-state index >= 15 is 0 Å². The molecule has 0 fully saturated rings. The van der Waals surface area contributed by atoms with Crippen LogP contribution >= 0.6 is 0 Å². The third-order valence-corrected chi connectivity index (χ3v) is 3.09. The van der Waals surface area contributed by atoms with Crippen molar-refractivity contribution in [3.63, 3.8) is 0 Å². The number of hydrogen-bond donors (Lipinski definition) is 2. The van der Waals surface area contributed by atoms with Gasteiger partial charge < -0.3 is 5.11 Å². The van der Waals surface area contributed by atoms with E-state index in [-0.39, 0.29) is 22.7 Å². The molecular formula is C15H11N5O3. The summed E-state index contributed by atoms with van der Waals surface area (Å²) < 4.78 is 1.28. The molecule has 0 saturated carbocycles. The molecule has 8 heteroatoms. The number of phenols is 1. The van der Waals surface area contributed by atoms with Crippen LogP contribution in [0.4, 0.5) is 17.1 Å². The Balaban J connectivity index is 1.88. The second kappa shape index (κ2) is 6.06. The van der Waals surface area contributed by atoms with Gasteiger partial charge in [0.15, 0.2) is 5.69 Å². The number of benzene rings is 2. The maximum absolute atomic E-state index is 12.3. The highest BCUT2D eigenvalue weighted by Gasteiger charge is 2.07. The van der Waals surface area contributed by atoms with Crippen molar-refractivity contribution >= 4 is 17.1 Å².